The number of piperidine rings is 1. The van der Waals surface area contributed by atoms with E-state index in [1.54, 1.807) is 40.5 Å². The van der Waals surface area contributed by atoms with Gasteiger partial charge in [-0.25, -0.2) is 13.4 Å². The number of carbonyl (C=O) groups excluding carboxylic acids is 1. The Bertz CT molecular complexity index is 1340. The molecule has 2 aliphatic heterocycles. The molecule has 0 radical (unpaired) electrons. The predicted molar refractivity (Wildman–Crippen MR) is 128 cm³/mol. The Kier molecular flexibility index (Phi) is 5.80. The summed E-state index contributed by atoms with van der Waals surface area (Å²) in [6, 6.07) is 9.01. The van der Waals surface area contributed by atoms with E-state index in [9.17, 15) is 13.2 Å². The van der Waals surface area contributed by atoms with Crippen LogP contribution < -0.4 is 0 Å². The topological polar surface area (TPSA) is 86.4 Å². The number of sulfonamides is 1. The van der Waals surface area contributed by atoms with Gasteiger partial charge in [0.25, 0.3) is 5.91 Å². The van der Waals surface area contributed by atoms with Crippen LogP contribution in [0.15, 0.2) is 53.7 Å². The van der Waals surface area contributed by atoms with E-state index in [4.69, 9.17) is 0 Å². The molecule has 0 atom stereocenters. The lowest BCUT2D eigenvalue weighted by molar-refractivity contribution is 0.0772. The highest BCUT2D eigenvalue weighted by atomic mass is 32.2. The lowest BCUT2D eigenvalue weighted by atomic mass is 9.99. The Morgan fingerprint density at radius 2 is 1.91 bits per heavy atom. The summed E-state index contributed by atoms with van der Waals surface area (Å²) >= 11 is 0. The van der Waals surface area contributed by atoms with Crippen molar-refractivity contribution in [2.45, 2.75) is 37.5 Å². The maximum atomic E-state index is 13.2. The molecule has 0 aliphatic carbocycles. The Hall–Kier alpha value is -2.97. The molecule has 4 heterocycles. The van der Waals surface area contributed by atoms with Crippen molar-refractivity contribution in [3.05, 3.63) is 65.5 Å². The van der Waals surface area contributed by atoms with Gasteiger partial charge in [-0.3, -0.25) is 4.79 Å². The third kappa shape index (κ3) is 4.09. The molecule has 1 saturated heterocycles. The van der Waals surface area contributed by atoms with Gasteiger partial charge < -0.3 is 9.88 Å². The zero-order chi connectivity index (χ0) is 23.0. The lowest BCUT2D eigenvalue weighted by Crippen LogP contribution is -2.37. The number of benzene rings is 1. The van der Waals surface area contributed by atoms with Crippen LogP contribution in [0.1, 0.15) is 47.2 Å². The number of H-pyrrole nitrogens is 1. The predicted octanol–water partition coefficient (Wildman–Crippen LogP) is 3.98. The van der Waals surface area contributed by atoms with Gasteiger partial charge in [-0.1, -0.05) is 18.6 Å². The molecule has 0 saturated carbocycles. The van der Waals surface area contributed by atoms with Crippen molar-refractivity contribution in [2.75, 3.05) is 26.2 Å². The summed E-state index contributed by atoms with van der Waals surface area (Å²) in [6.07, 6.45) is 9.37. The maximum Gasteiger partial charge on any atom is 0.254 e. The normalized spacial score (nSPS) is 17.8. The molecule has 1 aromatic carbocycles. The number of aromatic nitrogens is 2. The first-order valence-electron chi connectivity index (χ1n) is 11.5. The van der Waals surface area contributed by atoms with E-state index in [0.29, 0.717) is 37.3 Å². The maximum absolute atomic E-state index is 13.2. The number of amides is 1. The van der Waals surface area contributed by atoms with Gasteiger partial charge in [0.05, 0.1) is 4.90 Å². The molecular formula is C25H28N4O3S. The standard InChI is InChI=1S/C25H28N4O3S/c1-18-7-8-20(16-23(18)33(31,32)29-12-3-2-4-13-29)25(30)28-14-9-19(10-15-28)22-17-27-24-21(22)6-5-11-26-24/h5-9,11,16-17H,2-4,10,12-15H2,1H3,(H,26,27). The second kappa shape index (κ2) is 8.76. The van der Waals surface area contributed by atoms with Gasteiger partial charge in [-0.15, -0.1) is 0 Å². The number of aromatic amines is 1. The molecule has 2 aromatic heterocycles. The van der Waals surface area contributed by atoms with E-state index in [2.05, 4.69) is 16.0 Å². The third-order valence-corrected chi connectivity index (χ3v) is 8.70. The van der Waals surface area contributed by atoms with Crippen LogP contribution in [0.2, 0.25) is 0 Å². The zero-order valence-electron chi connectivity index (χ0n) is 18.8. The molecule has 33 heavy (non-hydrogen) atoms. The zero-order valence-corrected chi connectivity index (χ0v) is 19.6. The van der Waals surface area contributed by atoms with E-state index in [0.717, 1.165) is 42.3 Å². The number of carbonyl (C=O) groups is 1. The number of nitrogens with zero attached hydrogens (tertiary/aromatic N) is 3. The number of rotatable bonds is 4. The van der Waals surface area contributed by atoms with E-state index in [1.165, 1.54) is 5.57 Å². The first-order valence-corrected chi connectivity index (χ1v) is 12.9. The second-order valence-corrected chi connectivity index (χ2v) is 10.7. The number of fused-ring (bicyclic) bond motifs is 1. The number of pyridine rings is 1. The summed E-state index contributed by atoms with van der Waals surface area (Å²) in [4.78, 5) is 22.8. The highest BCUT2D eigenvalue weighted by Crippen LogP contribution is 2.29. The van der Waals surface area contributed by atoms with Gasteiger partial charge in [0, 0.05) is 55.1 Å². The fraction of sp³-hybridized carbons (Fsp3) is 0.360. The van der Waals surface area contributed by atoms with E-state index < -0.39 is 10.0 Å². The monoisotopic (exact) mass is 464 g/mol. The van der Waals surface area contributed by atoms with Crippen LogP contribution in [0, 0.1) is 6.92 Å². The Morgan fingerprint density at radius 1 is 1.09 bits per heavy atom. The van der Waals surface area contributed by atoms with E-state index >= 15 is 0 Å². The number of hydrogen-bond acceptors (Lipinski definition) is 4. The number of hydrogen-bond donors (Lipinski definition) is 1. The lowest BCUT2D eigenvalue weighted by Gasteiger charge is -2.28. The Balaban J connectivity index is 1.37. The smallest absolute Gasteiger partial charge is 0.254 e. The number of nitrogens with one attached hydrogen (secondary N) is 1. The van der Waals surface area contributed by atoms with Crippen LogP contribution in [0.3, 0.4) is 0 Å². The van der Waals surface area contributed by atoms with Crippen molar-refractivity contribution in [1.29, 1.82) is 0 Å². The van der Waals surface area contributed by atoms with Gasteiger partial charge >= 0.3 is 0 Å². The Morgan fingerprint density at radius 3 is 2.67 bits per heavy atom. The molecule has 0 unspecified atom stereocenters. The molecule has 1 amide bonds. The van der Waals surface area contributed by atoms with Gasteiger partial charge in [0.2, 0.25) is 10.0 Å². The average Bonchev–Trinajstić information content (AvgIpc) is 3.29. The molecule has 3 aromatic rings. The SMILES string of the molecule is Cc1ccc(C(=O)N2CC=C(c3c[nH]c4ncccc34)CC2)cc1S(=O)(=O)N1CCCCC1. The fourth-order valence-electron chi connectivity index (χ4n) is 4.76. The fourth-order valence-corrected chi connectivity index (χ4v) is 6.53. The highest BCUT2D eigenvalue weighted by molar-refractivity contribution is 7.89. The average molecular weight is 465 g/mol. The quantitative estimate of drug-likeness (QED) is 0.633. The molecule has 2 aliphatic rings. The van der Waals surface area contributed by atoms with E-state index in [-0.39, 0.29) is 10.8 Å². The van der Waals surface area contributed by atoms with Gasteiger partial charge in [0.1, 0.15) is 5.65 Å². The van der Waals surface area contributed by atoms with Gasteiger partial charge in [-0.05, 0) is 61.6 Å². The molecule has 0 bridgehead atoms. The first kappa shape index (κ1) is 21.9. The highest BCUT2D eigenvalue weighted by Gasteiger charge is 2.29. The van der Waals surface area contributed by atoms with E-state index in [1.807, 2.05) is 18.3 Å². The van der Waals surface area contributed by atoms with Crippen molar-refractivity contribution < 1.29 is 13.2 Å². The van der Waals surface area contributed by atoms with Crippen LogP contribution in [-0.2, 0) is 10.0 Å². The van der Waals surface area contributed by atoms with Crippen LogP contribution >= 0.6 is 0 Å². The van der Waals surface area contributed by atoms with Crippen LogP contribution in [0.25, 0.3) is 16.6 Å². The van der Waals surface area contributed by atoms with Crippen LogP contribution in [0.5, 0.6) is 0 Å². The first-order chi connectivity index (χ1) is 15.9. The molecule has 1 N–H and O–H groups in total. The summed E-state index contributed by atoms with van der Waals surface area (Å²) in [5, 5.41) is 1.08. The summed E-state index contributed by atoms with van der Waals surface area (Å²) in [6.45, 7) is 3.95. The second-order valence-electron chi connectivity index (χ2n) is 8.78. The van der Waals surface area contributed by atoms with Crippen molar-refractivity contribution in [2.24, 2.45) is 0 Å². The largest absolute Gasteiger partial charge is 0.346 e. The van der Waals surface area contributed by atoms with Crippen LogP contribution in [0.4, 0.5) is 0 Å². The minimum absolute atomic E-state index is 0.138. The minimum Gasteiger partial charge on any atom is -0.346 e. The molecule has 5 rings (SSSR count). The van der Waals surface area contributed by atoms with Crippen LogP contribution in [-0.4, -0.2) is 59.7 Å². The third-order valence-electron chi connectivity index (χ3n) is 6.66. The van der Waals surface area contributed by atoms with Crippen molar-refractivity contribution in [3.8, 4) is 0 Å². The summed E-state index contributed by atoms with van der Waals surface area (Å²) in [7, 11) is -3.60. The molecule has 0 spiro atoms. The van der Waals surface area contributed by atoms with Gasteiger partial charge in [0.15, 0.2) is 0 Å². The summed E-state index contributed by atoms with van der Waals surface area (Å²) < 4.78 is 28.0. The van der Waals surface area contributed by atoms with Gasteiger partial charge in [-0.2, -0.15) is 4.31 Å². The molecule has 172 valence electrons. The van der Waals surface area contributed by atoms with Crippen molar-refractivity contribution in [1.82, 2.24) is 19.2 Å². The van der Waals surface area contributed by atoms with Crippen molar-refractivity contribution in [3.63, 3.8) is 0 Å². The molecule has 8 heteroatoms. The molecule has 1 fully saturated rings. The minimum atomic E-state index is -3.60. The summed E-state index contributed by atoms with van der Waals surface area (Å²) in [5.41, 5.74) is 4.26. The van der Waals surface area contributed by atoms with Crippen molar-refractivity contribution >= 4 is 32.5 Å². The molecule has 7 nitrogen and oxygen atoms in total. The Labute approximate surface area is 194 Å². The number of aryl methyl sites for hydroxylation is 1. The molecular weight excluding hydrogens is 436 g/mol. The summed E-state index contributed by atoms with van der Waals surface area (Å²) in [5.74, 6) is -0.138.